The molecule has 0 spiro atoms. The van der Waals surface area contributed by atoms with Crippen LogP contribution < -0.4 is 4.90 Å². The van der Waals surface area contributed by atoms with Crippen molar-refractivity contribution in [1.82, 2.24) is 4.90 Å². The Morgan fingerprint density at radius 1 is 1.12 bits per heavy atom. The second-order valence-electron chi connectivity index (χ2n) is 9.21. The zero-order chi connectivity index (χ0) is 23.4. The van der Waals surface area contributed by atoms with E-state index >= 15 is 0 Å². The van der Waals surface area contributed by atoms with Crippen molar-refractivity contribution in [3.05, 3.63) is 63.4 Å². The van der Waals surface area contributed by atoms with Gasteiger partial charge >= 0.3 is 0 Å². The smallest absolute Gasteiger partial charge is 0.229 e. The van der Waals surface area contributed by atoms with Gasteiger partial charge in [0.25, 0.3) is 0 Å². The Balaban J connectivity index is 1.45. The molecule has 33 heavy (non-hydrogen) atoms. The first kappa shape index (κ1) is 24.5. The van der Waals surface area contributed by atoms with Gasteiger partial charge in [-0.25, -0.2) is 4.39 Å². The standard InChI is InChI=1S/C26H31Cl2FN2O2/c1-18-13-20(14-21-6-2-3-7-24(21)29)17-31(26(18)32)25-22(27)15-19(16-23(25)28)5-4-8-30-9-11-33-12-10-30/h2-3,6-7,15-16,18,20H,4-5,8-14,17H2,1H3/t18-,20-/m1/s1. The van der Waals surface area contributed by atoms with Crippen LogP contribution in [0.3, 0.4) is 0 Å². The molecule has 178 valence electrons. The molecule has 2 heterocycles. The topological polar surface area (TPSA) is 32.8 Å². The molecule has 0 bridgehead atoms. The van der Waals surface area contributed by atoms with Crippen molar-refractivity contribution in [1.29, 1.82) is 0 Å². The number of hydrogen-bond acceptors (Lipinski definition) is 3. The largest absolute Gasteiger partial charge is 0.379 e. The highest BCUT2D eigenvalue weighted by molar-refractivity contribution is 6.40. The summed E-state index contributed by atoms with van der Waals surface area (Å²) in [4.78, 5) is 17.2. The van der Waals surface area contributed by atoms with Gasteiger partial charge in [-0.2, -0.15) is 0 Å². The summed E-state index contributed by atoms with van der Waals surface area (Å²) >= 11 is 13.4. The molecule has 0 saturated carbocycles. The van der Waals surface area contributed by atoms with Crippen LogP contribution in [0.5, 0.6) is 0 Å². The van der Waals surface area contributed by atoms with Crippen molar-refractivity contribution in [3.8, 4) is 0 Å². The summed E-state index contributed by atoms with van der Waals surface area (Å²) in [6.45, 7) is 6.96. The third kappa shape index (κ3) is 6.07. The first-order chi connectivity index (χ1) is 15.9. The van der Waals surface area contributed by atoms with Gasteiger partial charge in [0.05, 0.1) is 28.9 Å². The maximum absolute atomic E-state index is 14.2. The van der Waals surface area contributed by atoms with Crippen LogP contribution in [0.25, 0.3) is 0 Å². The van der Waals surface area contributed by atoms with Crippen molar-refractivity contribution in [2.75, 3.05) is 44.3 Å². The van der Waals surface area contributed by atoms with Gasteiger partial charge in [0.15, 0.2) is 0 Å². The van der Waals surface area contributed by atoms with Crippen LogP contribution in [0, 0.1) is 17.7 Å². The van der Waals surface area contributed by atoms with E-state index in [0.29, 0.717) is 34.3 Å². The molecular weight excluding hydrogens is 462 g/mol. The van der Waals surface area contributed by atoms with Crippen molar-refractivity contribution in [3.63, 3.8) is 0 Å². The lowest BCUT2D eigenvalue weighted by Crippen LogP contribution is -2.45. The monoisotopic (exact) mass is 492 g/mol. The van der Waals surface area contributed by atoms with E-state index in [4.69, 9.17) is 27.9 Å². The molecule has 0 unspecified atom stereocenters. The molecule has 4 nitrogen and oxygen atoms in total. The van der Waals surface area contributed by atoms with Crippen molar-refractivity contribution in [2.24, 2.45) is 11.8 Å². The predicted molar refractivity (Wildman–Crippen MR) is 132 cm³/mol. The summed E-state index contributed by atoms with van der Waals surface area (Å²) in [6, 6.07) is 10.7. The maximum atomic E-state index is 14.2. The SMILES string of the molecule is C[C@@H]1C[C@H](Cc2ccccc2F)CN(c2c(Cl)cc(CCCN3CCOCC3)cc2Cl)C1=O. The number of aryl methyl sites for hydroxylation is 1. The number of halogens is 3. The van der Waals surface area contributed by atoms with Gasteiger partial charge in [-0.3, -0.25) is 9.69 Å². The Morgan fingerprint density at radius 3 is 2.52 bits per heavy atom. The van der Waals surface area contributed by atoms with Gasteiger partial charge < -0.3 is 9.64 Å². The van der Waals surface area contributed by atoms with Crippen LogP contribution in [-0.2, 0) is 22.4 Å². The number of nitrogens with zero attached hydrogens (tertiary/aromatic N) is 2. The van der Waals surface area contributed by atoms with Gasteiger partial charge in [-0.15, -0.1) is 0 Å². The van der Waals surface area contributed by atoms with Gasteiger partial charge in [0, 0.05) is 25.6 Å². The average molecular weight is 493 g/mol. The first-order valence-corrected chi connectivity index (χ1v) is 12.5. The second-order valence-corrected chi connectivity index (χ2v) is 10.0. The van der Waals surface area contributed by atoms with E-state index in [9.17, 15) is 9.18 Å². The Morgan fingerprint density at radius 2 is 1.82 bits per heavy atom. The number of carbonyl (C=O) groups is 1. The van der Waals surface area contributed by atoms with Gasteiger partial charge in [-0.1, -0.05) is 48.3 Å². The van der Waals surface area contributed by atoms with Crippen molar-refractivity contribution in [2.45, 2.75) is 32.6 Å². The minimum atomic E-state index is -0.203. The van der Waals surface area contributed by atoms with Gasteiger partial charge in [0.1, 0.15) is 5.82 Å². The van der Waals surface area contributed by atoms with Crippen molar-refractivity contribution < 1.29 is 13.9 Å². The number of anilines is 1. The quantitative estimate of drug-likeness (QED) is 0.502. The molecule has 2 aliphatic rings. The van der Waals surface area contributed by atoms with E-state index in [-0.39, 0.29) is 23.6 Å². The number of hydrogen-bond donors (Lipinski definition) is 0. The van der Waals surface area contributed by atoms with Crippen LogP contribution in [0.15, 0.2) is 36.4 Å². The Bertz CT molecular complexity index is 958. The van der Waals surface area contributed by atoms with E-state index in [1.807, 2.05) is 31.2 Å². The molecule has 4 rings (SSSR count). The highest BCUT2D eigenvalue weighted by atomic mass is 35.5. The summed E-state index contributed by atoms with van der Waals surface area (Å²) < 4.78 is 19.6. The molecular formula is C26H31Cl2FN2O2. The Hall–Kier alpha value is -1.66. The number of ether oxygens (including phenoxy) is 1. The van der Waals surface area contributed by atoms with Crippen LogP contribution in [0.4, 0.5) is 10.1 Å². The fraction of sp³-hybridized carbons (Fsp3) is 0.500. The normalized spacial score (nSPS) is 22.1. The average Bonchev–Trinajstić information content (AvgIpc) is 2.79. The van der Waals surface area contributed by atoms with E-state index in [2.05, 4.69) is 4.90 Å². The van der Waals surface area contributed by atoms with Crippen molar-refractivity contribution >= 4 is 34.8 Å². The molecule has 2 aromatic rings. The van der Waals surface area contributed by atoms with Crippen LogP contribution in [0.1, 0.15) is 30.9 Å². The maximum Gasteiger partial charge on any atom is 0.229 e. The number of amides is 1. The number of piperidine rings is 1. The van der Waals surface area contributed by atoms with Gasteiger partial charge in [0.2, 0.25) is 5.91 Å². The van der Waals surface area contributed by atoms with Crippen LogP contribution in [-0.4, -0.2) is 50.2 Å². The lowest BCUT2D eigenvalue weighted by atomic mass is 9.85. The van der Waals surface area contributed by atoms with E-state index in [1.165, 1.54) is 6.07 Å². The minimum Gasteiger partial charge on any atom is -0.379 e. The molecule has 1 amide bonds. The number of carbonyl (C=O) groups excluding carboxylic acids is 1. The van der Waals surface area contributed by atoms with E-state index in [1.54, 1.807) is 11.0 Å². The molecule has 2 atom stereocenters. The summed E-state index contributed by atoms with van der Waals surface area (Å²) in [5, 5.41) is 0.993. The molecule has 0 radical (unpaired) electrons. The third-order valence-electron chi connectivity index (χ3n) is 6.67. The van der Waals surface area contributed by atoms with Gasteiger partial charge in [-0.05, 0) is 67.5 Å². The summed E-state index contributed by atoms with van der Waals surface area (Å²) in [5.74, 6) is -0.222. The lowest BCUT2D eigenvalue weighted by Gasteiger charge is -2.37. The minimum absolute atomic E-state index is 0.0173. The van der Waals surface area contributed by atoms with E-state index < -0.39 is 0 Å². The molecule has 7 heteroatoms. The molecule has 2 fully saturated rings. The molecule has 2 aliphatic heterocycles. The first-order valence-electron chi connectivity index (χ1n) is 11.7. The van der Waals surface area contributed by atoms with Crippen LogP contribution in [0.2, 0.25) is 10.0 Å². The molecule has 0 N–H and O–H groups in total. The fourth-order valence-electron chi connectivity index (χ4n) is 4.97. The lowest BCUT2D eigenvalue weighted by molar-refractivity contribution is -0.124. The Labute approximate surface area is 205 Å². The number of rotatable bonds is 7. The molecule has 2 aromatic carbocycles. The predicted octanol–water partition coefficient (Wildman–Crippen LogP) is 5.63. The highest BCUT2D eigenvalue weighted by Gasteiger charge is 2.34. The summed E-state index contributed by atoms with van der Waals surface area (Å²) in [5.41, 5.74) is 2.32. The number of benzene rings is 2. The highest BCUT2D eigenvalue weighted by Crippen LogP contribution is 2.39. The van der Waals surface area contributed by atoms with E-state index in [0.717, 1.165) is 57.7 Å². The zero-order valence-electron chi connectivity index (χ0n) is 19.0. The molecule has 0 aromatic heterocycles. The molecule has 2 saturated heterocycles. The second kappa shape index (κ2) is 11.2. The Kier molecular flexibility index (Phi) is 8.29. The van der Waals surface area contributed by atoms with Crippen LogP contribution >= 0.6 is 23.2 Å². The number of morpholine rings is 1. The zero-order valence-corrected chi connectivity index (χ0v) is 20.5. The molecule has 0 aliphatic carbocycles. The summed E-state index contributed by atoms with van der Waals surface area (Å²) in [7, 11) is 0. The third-order valence-corrected chi connectivity index (χ3v) is 7.25. The fourth-order valence-corrected chi connectivity index (χ4v) is 5.70. The summed E-state index contributed by atoms with van der Waals surface area (Å²) in [6.07, 6.45) is 3.18.